The van der Waals surface area contributed by atoms with Crippen LogP contribution in [0.2, 0.25) is 0 Å². The van der Waals surface area contributed by atoms with Gasteiger partial charge in [-0.3, -0.25) is 4.79 Å². The maximum atomic E-state index is 12.8. The Morgan fingerprint density at radius 2 is 2.06 bits per heavy atom. The second-order valence-corrected chi connectivity index (χ2v) is 3.56. The molecule has 1 aromatic heterocycles. The third-order valence-corrected chi connectivity index (χ3v) is 2.37. The molecule has 17 heavy (non-hydrogen) atoms. The first-order valence-electron chi connectivity index (χ1n) is 5.08. The molecule has 0 atom stereocenters. The van der Waals surface area contributed by atoms with E-state index in [4.69, 9.17) is 9.63 Å². The number of carbonyl (C=O) groups is 1. The smallest absolute Gasteiger partial charge is 0.303 e. The van der Waals surface area contributed by atoms with Gasteiger partial charge in [0.2, 0.25) is 0 Å². The van der Waals surface area contributed by atoms with E-state index in [1.54, 1.807) is 12.1 Å². The number of halogens is 1. The summed E-state index contributed by atoms with van der Waals surface area (Å²) in [5.74, 6) is -0.720. The van der Waals surface area contributed by atoms with E-state index in [9.17, 15) is 9.18 Å². The number of nitrogens with zero attached hydrogens (tertiary/aromatic N) is 1. The van der Waals surface area contributed by atoms with Gasteiger partial charge in [0.15, 0.2) is 0 Å². The Hall–Kier alpha value is -2.17. The molecule has 1 heterocycles. The zero-order valence-electron chi connectivity index (χ0n) is 8.89. The molecule has 4 nitrogen and oxygen atoms in total. The van der Waals surface area contributed by atoms with Crippen LogP contribution in [0.5, 0.6) is 0 Å². The van der Waals surface area contributed by atoms with Crippen molar-refractivity contribution in [2.24, 2.45) is 0 Å². The van der Waals surface area contributed by atoms with E-state index >= 15 is 0 Å². The average molecular weight is 235 g/mol. The monoisotopic (exact) mass is 235 g/mol. The van der Waals surface area contributed by atoms with Crippen LogP contribution in [-0.2, 0) is 11.2 Å². The lowest BCUT2D eigenvalue weighted by Gasteiger charge is -2.00. The number of carboxylic acid groups (broad SMARTS) is 1. The summed E-state index contributed by atoms with van der Waals surface area (Å²) in [4.78, 5) is 10.5. The summed E-state index contributed by atoms with van der Waals surface area (Å²) in [7, 11) is 0. The van der Waals surface area contributed by atoms with E-state index in [0.717, 1.165) is 5.56 Å². The minimum absolute atomic E-state index is 0.0244. The molecule has 0 radical (unpaired) electrons. The first-order chi connectivity index (χ1) is 8.16. The van der Waals surface area contributed by atoms with E-state index in [0.29, 0.717) is 11.3 Å². The van der Waals surface area contributed by atoms with Gasteiger partial charge >= 0.3 is 5.97 Å². The van der Waals surface area contributed by atoms with E-state index < -0.39 is 5.97 Å². The van der Waals surface area contributed by atoms with E-state index in [2.05, 4.69) is 5.16 Å². The van der Waals surface area contributed by atoms with Crippen LogP contribution in [-0.4, -0.2) is 16.2 Å². The second-order valence-electron chi connectivity index (χ2n) is 3.56. The maximum absolute atomic E-state index is 12.8. The van der Waals surface area contributed by atoms with Crippen molar-refractivity contribution in [1.82, 2.24) is 5.16 Å². The van der Waals surface area contributed by atoms with Gasteiger partial charge in [-0.2, -0.15) is 0 Å². The van der Waals surface area contributed by atoms with E-state index in [-0.39, 0.29) is 18.7 Å². The number of carboxylic acids is 1. The van der Waals surface area contributed by atoms with Gasteiger partial charge in [-0.25, -0.2) is 4.39 Å². The van der Waals surface area contributed by atoms with Crippen LogP contribution in [0, 0.1) is 5.82 Å². The molecule has 1 aromatic carbocycles. The molecular weight excluding hydrogens is 225 g/mol. The van der Waals surface area contributed by atoms with Crippen molar-refractivity contribution >= 4 is 5.97 Å². The lowest BCUT2D eigenvalue weighted by Crippen LogP contribution is -1.97. The lowest BCUT2D eigenvalue weighted by molar-refractivity contribution is -0.137. The average Bonchev–Trinajstić information content (AvgIpc) is 2.75. The summed E-state index contributed by atoms with van der Waals surface area (Å²) in [5, 5.41) is 12.2. The minimum Gasteiger partial charge on any atom is -0.481 e. The maximum Gasteiger partial charge on any atom is 0.303 e. The van der Waals surface area contributed by atoms with Gasteiger partial charge in [-0.15, -0.1) is 0 Å². The number of aromatic nitrogens is 1. The Morgan fingerprint density at radius 3 is 2.71 bits per heavy atom. The largest absolute Gasteiger partial charge is 0.481 e. The van der Waals surface area contributed by atoms with E-state index in [1.807, 2.05) is 0 Å². The molecule has 0 saturated carbocycles. The fourth-order valence-corrected chi connectivity index (χ4v) is 1.53. The zero-order valence-corrected chi connectivity index (χ0v) is 8.89. The van der Waals surface area contributed by atoms with Crippen molar-refractivity contribution in [3.63, 3.8) is 0 Å². The van der Waals surface area contributed by atoms with Gasteiger partial charge in [0.25, 0.3) is 0 Å². The molecule has 0 fully saturated rings. The Labute approximate surface area is 96.7 Å². The molecule has 2 aromatic rings. The number of aliphatic carboxylic acids is 1. The molecule has 5 heteroatoms. The number of aryl methyl sites for hydroxylation is 1. The second kappa shape index (κ2) is 4.78. The summed E-state index contributed by atoms with van der Waals surface area (Å²) in [5.41, 5.74) is 1.46. The van der Waals surface area contributed by atoms with Gasteiger partial charge in [0.1, 0.15) is 11.6 Å². The number of hydrogen-bond donors (Lipinski definition) is 1. The van der Waals surface area contributed by atoms with Crippen molar-refractivity contribution in [2.45, 2.75) is 12.8 Å². The van der Waals surface area contributed by atoms with Gasteiger partial charge < -0.3 is 9.63 Å². The zero-order chi connectivity index (χ0) is 12.3. The van der Waals surface area contributed by atoms with Gasteiger partial charge in [-0.05, 0) is 17.7 Å². The molecule has 1 N–H and O–H groups in total. The molecular formula is C12H10FNO3. The van der Waals surface area contributed by atoms with Crippen molar-refractivity contribution < 1.29 is 18.8 Å². The number of rotatable bonds is 4. The normalized spacial score (nSPS) is 10.4. The third kappa shape index (κ3) is 2.69. The Morgan fingerprint density at radius 1 is 1.35 bits per heavy atom. The molecule has 0 aliphatic rings. The van der Waals surface area contributed by atoms with Crippen LogP contribution in [0.4, 0.5) is 4.39 Å². The minimum atomic E-state index is -0.897. The summed E-state index contributed by atoms with van der Waals surface area (Å²) >= 11 is 0. The topological polar surface area (TPSA) is 63.3 Å². The summed E-state index contributed by atoms with van der Waals surface area (Å²) < 4.78 is 17.8. The lowest BCUT2D eigenvalue weighted by atomic mass is 10.0. The van der Waals surface area contributed by atoms with Crippen LogP contribution in [0.1, 0.15) is 12.2 Å². The number of hydrogen-bond acceptors (Lipinski definition) is 3. The SMILES string of the molecule is O=C(O)CCc1oncc1-c1ccc(F)cc1. The summed E-state index contributed by atoms with van der Waals surface area (Å²) in [6, 6.07) is 5.88. The van der Waals surface area contributed by atoms with Gasteiger partial charge in [-0.1, -0.05) is 17.3 Å². The van der Waals surface area contributed by atoms with E-state index in [1.165, 1.54) is 18.3 Å². The van der Waals surface area contributed by atoms with Crippen molar-refractivity contribution in [2.75, 3.05) is 0 Å². The fraction of sp³-hybridized carbons (Fsp3) is 0.167. The molecule has 0 unspecified atom stereocenters. The molecule has 0 amide bonds. The summed E-state index contributed by atoms with van der Waals surface area (Å²) in [6.45, 7) is 0. The highest BCUT2D eigenvalue weighted by Crippen LogP contribution is 2.24. The first kappa shape index (κ1) is 11.3. The fourth-order valence-electron chi connectivity index (χ4n) is 1.53. The van der Waals surface area contributed by atoms with Crippen molar-refractivity contribution in [3.05, 3.63) is 42.0 Å². The predicted molar refractivity (Wildman–Crippen MR) is 57.9 cm³/mol. The number of benzene rings is 1. The third-order valence-electron chi connectivity index (χ3n) is 2.37. The van der Waals surface area contributed by atoms with Gasteiger partial charge in [0.05, 0.1) is 12.6 Å². The van der Waals surface area contributed by atoms with Crippen LogP contribution in [0.3, 0.4) is 0 Å². The molecule has 0 aliphatic heterocycles. The standard InChI is InChI=1S/C12H10FNO3/c13-9-3-1-8(2-4-9)10-7-14-17-11(10)5-6-12(15)16/h1-4,7H,5-6H2,(H,15,16). The molecule has 2 rings (SSSR count). The quantitative estimate of drug-likeness (QED) is 0.884. The first-order valence-corrected chi connectivity index (χ1v) is 5.08. The van der Waals surface area contributed by atoms with Gasteiger partial charge in [0, 0.05) is 12.0 Å². The summed E-state index contributed by atoms with van der Waals surface area (Å²) in [6.07, 6.45) is 1.75. The highest BCUT2D eigenvalue weighted by Gasteiger charge is 2.11. The predicted octanol–water partition coefficient (Wildman–Crippen LogP) is 2.50. The van der Waals surface area contributed by atoms with Crippen LogP contribution in [0.25, 0.3) is 11.1 Å². The van der Waals surface area contributed by atoms with Crippen LogP contribution < -0.4 is 0 Å². The Balaban J connectivity index is 2.24. The van der Waals surface area contributed by atoms with Crippen molar-refractivity contribution in [1.29, 1.82) is 0 Å². The molecule has 88 valence electrons. The van der Waals surface area contributed by atoms with Crippen molar-refractivity contribution in [3.8, 4) is 11.1 Å². The molecule has 0 bridgehead atoms. The Kier molecular flexibility index (Phi) is 3.18. The van der Waals surface area contributed by atoms with Crippen LogP contribution in [0.15, 0.2) is 35.0 Å². The highest BCUT2D eigenvalue weighted by molar-refractivity contribution is 5.69. The highest BCUT2D eigenvalue weighted by atomic mass is 19.1. The Bertz CT molecular complexity index is 519. The molecule has 0 saturated heterocycles. The van der Waals surface area contributed by atoms with Crippen LogP contribution >= 0.6 is 0 Å². The molecule has 0 spiro atoms. The molecule has 0 aliphatic carbocycles.